The molecule has 1 aliphatic heterocycles. The van der Waals surface area contributed by atoms with E-state index in [0.717, 1.165) is 18.0 Å². The summed E-state index contributed by atoms with van der Waals surface area (Å²) in [5.41, 5.74) is 0.0156. The van der Waals surface area contributed by atoms with Crippen LogP contribution in [0.4, 0.5) is 4.39 Å². The van der Waals surface area contributed by atoms with Crippen molar-refractivity contribution in [1.82, 2.24) is 33.0 Å². The molecular formula is C25H28FN7O4S2. The van der Waals surface area contributed by atoms with Crippen molar-refractivity contribution in [3.63, 3.8) is 0 Å². The molecule has 206 valence electrons. The third-order valence-electron chi connectivity index (χ3n) is 6.56. The second kappa shape index (κ2) is 11.0. The van der Waals surface area contributed by atoms with Crippen LogP contribution in [0.15, 0.2) is 46.5 Å². The fraction of sp³-hybridized carbons (Fsp3) is 0.360. The number of aromatic nitrogens is 4. The lowest BCUT2D eigenvalue weighted by atomic mass is 10.1. The summed E-state index contributed by atoms with van der Waals surface area (Å²) < 4.78 is 30.9. The number of carbonyl (C=O) groups is 1. The van der Waals surface area contributed by atoms with E-state index in [9.17, 15) is 23.3 Å². The van der Waals surface area contributed by atoms with E-state index in [-0.39, 0.29) is 23.9 Å². The van der Waals surface area contributed by atoms with Gasteiger partial charge in [-0.25, -0.2) is 27.3 Å². The van der Waals surface area contributed by atoms with Gasteiger partial charge in [-0.2, -0.15) is 0 Å². The Morgan fingerprint density at radius 3 is 2.67 bits per heavy atom. The van der Waals surface area contributed by atoms with Crippen LogP contribution in [0.2, 0.25) is 0 Å². The van der Waals surface area contributed by atoms with Crippen LogP contribution in [0.3, 0.4) is 0 Å². The summed E-state index contributed by atoms with van der Waals surface area (Å²) in [6, 6.07) is 4.16. The minimum absolute atomic E-state index is 0.0103. The highest BCUT2D eigenvalue weighted by Gasteiger charge is 2.23. The summed E-state index contributed by atoms with van der Waals surface area (Å²) in [5, 5.41) is 11.0. The normalized spacial score (nSPS) is 15.4. The molecule has 0 spiro atoms. The number of imidazole rings is 1. The van der Waals surface area contributed by atoms with Crippen molar-refractivity contribution in [1.29, 1.82) is 0 Å². The minimum atomic E-state index is -1.54. The van der Waals surface area contributed by atoms with Crippen LogP contribution in [-0.2, 0) is 28.7 Å². The maximum absolute atomic E-state index is 13.9. The fourth-order valence-electron chi connectivity index (χ4n) is 4.36. The Morgan fingerprint density at radius 1 is 1.21 bits per heavy atom. The molecule has 0 bridgehead atoms. The lowest BCUT2D eigenvalue weighted by Crippen LogP contribution is -2.48. The number of aromatic hydroxyl groups is 1. The first-order valence-corrected chi connectivity index (χ1v) is 14.1. The van der Waals surface area contributed by atoms with Crippen LogP contribution in [-0.4, -0.2) is 95.6 Å². The number of rotatable bonds is 7. The van der Waals surface area contributed by atoms with E-state index < -0.39 is 28.1 Å². The highest BCUT2D eigenvalue weighted by molar-refractivity contribution is 7.82. The Hall–Kier alpha value is -3.46. The molecule has 1 N–H and O–H groups in total. The monoisotopic (exact) mass is 573 g/mol. The molecule has 1 atom stereocenters. The number of carbonyl (C=O) groups excluding carboxylic acids is 1. The summed E-state index contributed by atoms with van der Waals surface area (Å²) in [6.07, 6.45) is 4.98. The number of fused-ring (bicyclic) bond motifs is 1. The van der Waals surface area contributed by atoms with Crippen molar-refractivity contribution < 1.29 is 18.5 Å². The Morgan fingerprint density at radius 2 is 1.95 bits per heavy atom. The van der Waals surface area contributed by atoms with Gasteiger partial charge in [-0.3, -0.25) is 9.59 Å². The molecule has 0 saturated carbocycles. The summed E-state index contributed by atoms with van der Waals surface area (Å²) in [7, 11) is 3.76. The number of amides is 1. The Kier molecular flexibility index (Phi) is 7.62. The summed E-state index contributed by atoms with van der Waals surface area (Å²) in [4.78, 5) is 39.8. The van der Waals surface area contributed by atoms with Crippen molar-refractivity contribution in [2.75, 3.05) is 47.3 Å². The highest BCUT2D eigenvalue weighted by atomic mass is 32.2. The van der Waals surface area contributed by atoms with E-state index in [1.54, 1.807) is 42.0 Å². The standard InChI is InChI=1S/C25H28FN7O4S2/c1-29(2)39(37)19-13-17(26)5-4-16(19)12-18-14-27-23(38-18)21-22(35)24(36)33-11-10-32(25(33)28-21)15-20(34)31-8-6-30(3)7-9-31/h4-5,10-11,13-14,35H,6-9,12,15H2,1-3H3. The quantitative estimate of drug-likeness (QED) is 0.356. The molecule has 1 amide bonds. The SMILES string of the molecule is CN1CCN(C(=O)Cn2ccn3c(=O)c(O)c(-c4ncc(Cc5ccc(F)cc5S(=O)N(C)C)s4)nc23)CC1. The molecule has 11 nitrogen and oxygen atoms in total. The Balaban J connectivity index is 1.44. The van der Waals surface area contributed by atoms with Gasteiger partial charge in [0.2, 0.25) is 17.4 Å². The van der Waals surface area contributed by atoms with E-state index in [4.69, 9.17) is 0 Å². The largest absolute Gasteiger partial charge is 0.501 e. The number of hydrogen-bond acceptors (Lipinski definition) is 8. The van der Waals surface area contributed by atoms with Gasteiger partial charge in [0.05, 0.1) is 4.90 Å². The summed E-state index contributed by atoms with van der Waals surface area (Å²) in [6.45, 7) is 2.87. The van der Waals surface area contributed by atoms with E-state index >= 15 is 0 Å². The maximum atomic E-state index is 13.9. The molecule has 0 radical (unpaired) electrons. The number of halogens is 1. The van der Waals surface area contributed by atoms with Gasteiger partial charge in [-0.15, -0.1) is 11.3 Å². The lowest BCUT2D eigenvalue weighted by molar-refractivity contribution is -0.133. The van der Waals surface area contributed by atoms with Gasteiger partial charge in [0.25, 0.3) is 0 Å². The molecule has 1 saturated heterocycles. The van der Waals surface area contributed by atoms with Crippen LogP contribution in [0, 0.1) is 5.82 Å². The molecule has 1 aliphatic rings. The predicted molar refractivity (Wildman–Crippen MR) is 146 cm³/mol. The first kappa shape index (κ1) is 27.1. The zero-order valence-corrected chi connectivity index (χ0v) is 23.3. The van der Waals surface area contributed by atoms with Crippen molar-refractivity contribution in [3.8, 4) is 16.5 Å². The second-order valence-electron chi connectivity index (χ2n) is 9.52. The van der Waals surface area contributed by atoms with Crippen molar-refractivity contribution in [2.24, 2.45) is 0 Å². The molecular weight excluding hydrogens is 545 g/mol. The molecule has 4 aromatic rings. The van der Waals surface area contributed by atoms with Gasteiger partial charge in [-0.1, -0.05) is 6.07 Å². The third kappa shape index (κ3) is 5.50. The van der Waals surface area contributed by atoms with E-state index in [1.807, 2.05) is 7.05 Å². The van der Waals surface area contributed by atoms with Crippen molar-refractivity contribution >= 4 is 34.0 Å². The molecule has 14 heteroatoms. The molecule has 3 aromatic heterocycles. The second-order valence-corrected chi connectivity index (χ2v) is 12.3. The zero-order chi connectivity index (χ0) is 27.8. The van der Waals surface area contributed by atoms with Crippen molar-refractivity contribution in [3.05, 3.63) is 63.4 Å². The average molecular weight is 574 g/mol. The first-order valence-electron chi connectivity index (χ1n) is 12.2. The number of benzene rings is 1. The molecule has 39 heavy (non-hydrogen) atoms. The van der Waals surface area contributed by atoms with Gasteiger partial charge >= 0.3 is 5.56 Å². The summed E-state index contributed by atoms with van der Waals surface area (Å²) >= 11 is 1.21. The van der Waals surface area contributed by atoms with Crippen molar-refractivity contribution in [2.45, 2.75) is 17.9 Å². The van der Waals surface area contributed by atoms with Crippen LogP contribution >= 0.6 is 11.3 Å². The van der Waals surface area contributed by atoms with Gasteiger partial charge < -0.3 is 19.5 Å². The van der Waals surface area contributed by atoms with Crippen LogP contribution in [0.1, 0.15) is 10.4 Å². The van der Waals surface area contributed by atoms with Crippen LogP contribution < -0.4 is 5.56 Å². The molecule has 1 fully saturated rings. The zero-order valence-electron chi connectivity index (χ0n) is 21.7. The molecule has 4 heterocycles. The van der Waals surface area contributed by atoms with E-state index in [0.29, 0.717) is 35.0 Å². The Bertz CT molecular complexity index is 1620. The minimum Gasteiger partial charge on any atom is -0.501 e. The maximum Gasteiger partial charge on any atom is 0.302 e. The average Bonchev–Trinajstić information content (AvgIpc) is 3.54. The fourth-order valence-corrected chi connectivity index (χ4v) is 6.26. The number of thiazole rings is 1. The van der Waals surface area contributed by atoms with E-state index in [2.05, 4.69) is 14.9 Å². The van der Waals surface area contributed by atoms with Gasteiger partial charge in [-0.05, 0) is 38.8 Å². The predicted octanol–water partition coefficient (Wildman–Crippen LogP) is 1.41. The van der Waals surface area contributed by atoms with E-state index in [1.165, 1.54) is 38.4 Å². The first-order chi connectivity index (χ1) is 18.6. The smallest absolute Gasteiger partial charge is 0.302 e. The summed E-state index contributed by atoms with van der Waals surface area (Å²) in [5.74, 6) is -0.889. The molecule has 5 rings (SSSR count). The number of likely N-dealkylation sites (N-methyl/N-ethyl adjacent to an activating group) is 1. The molecule has 1 unspecified atom stereocenters. The third-order valence-corrected chi connectivity index (χ3v) is 8.98. The van der Waals surface area contributed by atoms with Gasteiger partial charge in [0, 0.05) is 56.1 Å². The number of hydrogen-bond donors (Lipinski definition) is 1. The molecule has 1 aromatic carbocycles. The van der Waals surface area contributed by atoms with Crippen LogP contribution in [0.5, 0.6) is 5.75 Å². The van der Waals surface area contributed by atoms with Gasteiger partial charge in [0.15, 0.2) is 5.69 Å². The lowest BCUT2D eigenvalue weighted by Gasteiger charge is -2.32. The van der Waals surface area contributed by atoms with Gasteiger partial charge in [0.1, 0.15) is 28.4 Å². The number of nitrogens with zero attached hydrogens (tertiary/aromatic N) is 7. The Labute approximate surface area is 230 Å². The topological polar surface area (TPSA) is 116 Å². The number of piperazine rings is 1. The van der Waals surface area contributed by atoms with Crippen LogP contribution in [0.25, 0.3) is 16.5 Å². The molecule has 0 aliphatic carbocycles. The highest BCUT2D eigenvalue weighted by Crippen LogP contribution is 2.31.